The standard InChI is InChI=1S/C13H18N2O3S/c1-8-3-5-13(6-4-8,12(17)18)15-11(16)10-7-14-9(2)19-10/h7-8H,3-6H2,1-2H3,(H,15,16)(H,17,18). The topological polar surface area (TPSA) is 79.3 Å². The van der Waals surface area contributed by atoms with Crippen molar-refractivity contribution in [2.24, 2.45) is 5.92 Å². The zero-order valence-electron chi connectivity index (χ0n) is 11.1. The molecule has 1 aliphatic rings. The van der Waals surface area contributed by atoms with Crippen molar-refractivity contribution >= 4 is 23.2 Å². The number of nitrogens with zero attached hydrogens (tertiary/aromatic N) is 1. The zero-order valence-corrected chi connectivity index (χ0v) is 11.9. The van der Waals surface area contributed by atoms with Gasteiger partial charge in [0, 0.05) is 0 Å². The highest BCUT2D eigenvalue weighted by Crippen LogP contribution is 2.32. The molecule has 1 amide bonds. The molecule has 0 spiro atoms. The van der Waals surface area contributed by atoms with Crippen LogP contribution >= 0.6 is 11.3 Å². The molecule has 1 saturated carbocycles. The molecule has 0 unspecified atom stereocenters. The van der Waals surface area contributed by atoms with Crippen LogP contribution in [0.1, 0.15) is 47.3 Å². The van der Waals surface area contributed by atoms with Crippen LogP contribution in [0.4, 0.5) is 0 Å². The Morgan fingerprint density at radius 3 is 2.58 bits per heavy atom. The number of aromatic nitrogens is 1. The molecule has 1 aromatic heterocycles. The predicted octanol–water partition coefficient (Wildman–Crippen LogP) is 2.21. The van der Waals surface area contributed by atoms with Gasteiger partial charge >= 0.3 is 5.97 Å². The van der Waals surface area contributed by atoms with Gasteiger partial charge in [0.15, 0.2) is 0 Å². The fourth-order valence-corrected chi connectivity index (χ4v) is 3.07. The molecule has 1 aliphatic carbocycles. The van der Waals surface area contributed by atoms with Crippen molar-refractivity contribution in [2.75, 3.05) is 0 Å². The first-order chi connectivity index (χ1) is 8.93. The number of thiazole rings is 1. The highest BCUT2D eigenvalue weighted by atomic mass is 32.1. The molecule has 0 bridgehead atoms. The van der Waals surface area contributed by atoms with Gasteiger partial charge in [-0.1, -0.05) is 6.92 Å². The van der Waals surface area contributed by atoms with E-state index in [4.69, 9.17) is 0 Å². The number of carbonyl (C=O) groups excluding carboxylic acids is 1. The Kier molecular flexibility index (Phi) is 3.89. The summed E-state index contributed by atoms with van der Waals surface area (Å²) >= 11 is 1.28. The maximum Gasteiger partial charge on any atom is 0.329 e. The summed E-state index contributed by atoms with van der Waals surface area (Å²) in [6.45, 7) is 3.93. The van der Waals surface area contributed by atoms with Crippen LogP contribution in [0.5, 0.6) is 0 Å². The van der Waals surface area contributed by atoms with E-state index in [1.165, 1.54) is 17.5 Å². The lowest BCUT2D eigenvalue weighted by Gasteiger charge is -2.36. The van der Waals surface area contributed by atoms with E-state index >= 15 is 0 Å². The number of carboxylic acids is 1. The molecule has 1 heterocycles. The van der Waals surface area contributed by atoms with Crippen molar-refractivity contribution in [1.82, 2.24) is 10.3 Å². The Hall–Kier alpha value is -1.43. The summed E-state index contributed by atoms with van der Waals surface area (Å²) in [4.78, 5) is 28.1. The highest BCUT2D eigenvalue weighted by molar-refractivity contribution is 7.13. The van der Waals surface area contributed by atoms with E-state index in [-0.39, 0.29) is 5.91 Å². The molecule has 2 N–H and O–H groups in total. The van der Waals surface area contributed by atoms with E-state index < -0.39 is 11.5 Å². The first kappa shape index (κ1) is 14.0. The van der Waals surface area contributed by atoms with E-state index in [1.807, 2.05) is 6.92 Å². The number of amides is 1. The molecule has 0 saturated heterocycles. The first-order valence-electron chi connectivity index (χ1n) is 6.41. The van der Waals surface area contributed by atoms with Crippen LogP contribution in [0.15, 0.2) is 6.20 Å². The van der Waals surface area contributed by atoms with Gasteiger partial charge in [0.25, 0.3) is 5.91 Å². The van der Waals surface area contributed by atoms with Gasteiger partial charge < -0.3 is 10.4 Å². The molecule has 0 aliphatic heterocycles. The van der Waals surface area contributed by atoms with Gasteiger partial charge in [-0.3, -0.25) is 4.79 Å². The minimum Gasteiger partial charge on any atom is -0.480 e. The van der Waals surface area contributed by atoms with Crippen LogP contribution in [0.3, 0.4) is 0 Å². The summed E-state index contributed by atoms with van der Waals surface area (Å²) in [5.74, 6) is -0.744. The van der Waals surface area contributed by atoms with E-state index in [0.29, 0.717) is 23.6 Å². The van der Waals surface area contributed by atoms with Gasteiger partial charge in [0.1, 0.15) is 10.4 Å². The zero-order chi connectivity index (χ0) is 14.0. The molecule has 1 fully saturated rings. The third-order valence-corrected chi connectivity index (χ3v) is 4.65. The van der Waals surface area contributed by atoms with E-state index in [1.54, 1.807) is 0 Å². The van der Waals surface area contributed by atoms with Crippen molar-refractivity contribution in [3.05, 3.63) is 16.1 Å². The molecule has 0 radical (unpaired) electrons. The third kappa shape index (κ3) is 2.94. The number of carbonyl (C=O) groups is 2. The number of hydrogen-bond acceptors (Lipinski definition) is 4. The van der Waals surface area contributed by atoms with E-state index in [9.17, 15) is 14.7 Å². The summed E-state index contributed by atoms with van der Waals surface area (Å²) in [6, 6.07) is 0. The molecule has 0 atom stereocenters. The van der Waals surface area contributed by atoms with Crippen LogP contribution in [0.25, 0.3) is 0 Å². The fourth-order valence-electron chi connectivity index (χ4n) is 2.39. The number of aliphatic carboxylic acids is 1. The Morgan fingerprint density at radius 2 is 2.11 bits per heavy atom. The Bertz CT molecular complexity index is 490. The van der Waals surface area contributed by atoms with Gasteiger partial charge in [-0.05, 0) is 38.5 Å². The smallest absolute Gasteiger partial charge is 0.329 e. The van der Waals surface area contributed by atoms with Crippen LogP contribution in [-0.4, -0.2) is 27.5 Å². The van der Waals surface area contributed by atoms with E-state index in [2.05, 4.69) is 17.2 Å². The molecular formula is C13H18N2O3S. The van der Waals surface area contributed by atoms with Gasteiger partial charge in [-0.2, -0.15) is 0 Å². The highest BCUT2D eigenvalue weighted by Gasteiger charge is 2.42. The quantitative estimate of drug-likeness (QED) is 0.891. The molecule has 6 heteroatoms. The maximum absolute atomic E-state index is 12.1. The summed E-state index contributed by atoms with van der Waals surface area (Å²) in [6.07, 6.45) is 4.14. The number of carboxylic acid groups (broad SMARTS) is 1. The van der Waals surface area contributed by atoms with Gasteiger partial charge in [0.05, 0.1) is 11.2 Å². The van der Waals surface area contributed by atoms with E-state index in [0.717, 1.165) is 17.8 Å². The SMILES string of the molecule is Cc1ncc(C(=O)NC2(C(=O)O)CCC(C)CC2)s1. The number of hydrogen-bond donors (Lipinski definition) is 2. The van der Waals surface area contributed by atoms with Crippen LogP contribution in [0, 0.1) is 12.8 Å². The lowest BCUT2D eigenvalue weighted by atomic mass is 9.77. The second-order valence-electron chi connectivity index (χ2n) is 5.27. The van der Waals surface area contributed by atoms with Gasteiger partial charge in [-0.25, -0.2) is 9.78 Å². The second-order valence-corrected chi connectivity index (χ2v) is 6.50. The average molecular weight is 282 g/mol. The van der Waals surface area contributed by atoms with Crippen LogP contribution in [-0.2, 0) is 4.79 Å². The summed E-state index contributed by atoms with van der Waals surface area (Å²) in [5.41, 5.74) is -1.11. The first-order valence-corrected chi connectivity index (χ1v) is 7.23. The fraction of sp³-hybridized carbons (Fsp3) is 0.615. The molecule has 19 heavy (non-hydrogen) atoms. The predicted molar refractivity (Wildman–Crippen MR) is 72.3 cm³/mol. The van der Waals surface area contributed by atoms with Crippen molar-refractivity contribution in [2.45, 2.75) is 45.1 Å². The maximum atomic E-state index is 12.1. The number of aryl methyl sites for hydroxylation is 1. The summed E-state index contributed by atoms with van der Waals surface area (Å²) < 4.78 is 0. The number of nitrogens with one attached hydrogen (secondary N) is 1. The summed E-state index contributed by atoms with van der Waals surface area (Å²) in [7, 11) is 0. The van der Waals surface area contributed by atoms with Crippen molar-refractivity contribution in [3.8, 4) is 0 Å². The molecule has 1 aromatic rings. The average Bonchev–Trinajstić information content (AvgIpc) is 2.79. The Labute approximate surface area is 116 Å². The lowest BCUT2D eigenvalue weighted by Crippen LogP contribution is -2.56. The van der Waals surface area contributed by atoms with Crippen LogP contribution < -0.4 is 5.32 Å². The molecule has 2 rings (SSSR count). The monoisotopic (exact) mass is 282 g/mol. The lowest BCUT2D eigenvalue weighted by molar-refractivity contribution is -0.146. The normalized spacial score (nSPS) is 26.9. The van der Waals surface area contributed by atoms with Gasteiger partial charge in [-0.15, -0.1) is 11.3 Å². The number of rotatable bonds is 3. The largest absolute Gasteiger partial charge is 0.480 e. The van der Waals surface area contributed by atoms with Crippen LogP contribution in [0.2, 0.25) is 0 Å². The van der Waals surface area contributed by atoms with Crippen molar-refractivity contribution < 1.29 is 14.7 Å². The molecular weight excluding hydrogens is 264 g/mol. The molecule has 104 valence electrons. The summed E-state index contributed by atoms with van der Waals surface area (Å²) in [5, 5.41) is 13.0. The second kappa shape index (κ2) is 5.28. The minimum absolute atomic E-state index is 0.331. The Balaban J connectivity index is 2.13. The third-order valence-electron chi connectivity index (χ3n) is 3.74. The van der Waals surface area contributed by atoms with Crippen molar-refractivity contribution in [1.29, 1.82) is 0 Å². The minimum atomic E-state index is -1.11. The van der Waals surface area contributed by atoms with Crippen molar-refractivity contribution in [3.63, 3.8) is 0 Å². The molecule has 0 aromatic carbocycles. The van der Waals surface area contributed by atoms with Gasteiger partial charge in [0.2, 0.25) is 0 Å². The molecule has 5 nitrogen and oxygen atoms in total. The Morgan fingerprint density at radius 1 is 1.47 bits per heavy atom.